The Morgan fingerprint density at radius 1 is 1.23 bits per heavy atom. The number of carbonyl (C=O) groups excluding carboxylic acids is 1. The van der Waals surface area contributed by atoms with Crippen LogP contribution in [-0.4, -0.2) is 66.4 Å². The number of carboxylic acid groups (broad SMARTS) is 1. The third-order valence-corrected chi connectivity index (χ3v) is 8.74. The molecule has 12 heteroatoms. The minimum absolute atomic E-state index is 0.0359. The highest BCUT2D eigenvalue weighted by Gasteiger charge is 2.47. The van der Waals surface area contributed by atoms with E-state index < -0.39 is 44.7 Å². The first-order chi connectivity index (χ1) is 16.3. The van der Waals surface area contributed by atoms with Crippen LogP contribution in [0.5, 0.6) is 0 Å². The number of carbonyl (C=O) groups is 2. The van der Waals surface area contributed by atoms with E-state index in [0.29, 0.717) is 25.3 Å². The van der Waals surface area contributed by atoms with Crippen LogP contribution in [0.15, 0.2) is 29.2 Å². The summed E-state index contributed by atoms with van der Waals surface area (Å²) in [4.78, 5) is 25.4. The highest BCUT2D eigenvalue weighted by molar-refractivity contribution is 7.89. The van der Waals surface area contributed by atoms with Crippen LogP contribution in [0, 0.1) is 17.8 Å². The first-order valence-electron chi connectivity index (χ1n) is 11.7. The molecule has 1 heterocycles. The number of nitrogens with one attached hydrogen (secondary N) is 1. The van der Waals surface area contributed by atoms with E-state index in [0.717, 1.165) is 23.1 Å². The average Bonchev–Trinajstić information content (AvgIpc) is 3.35. The van der Waals surface area contributed by atoms with E-state index in [4.69, 9.17) is 0 Å². The van der Waals surface area contributed by atoms with Crippen molar-refractivity contribution < 1.29 is 36.3 Å². The number of rotatable bonds is 8. The zero-order chi connectivity index (χ0) is 26.1. The van der Waals surface area contributed by atoms with Gasteiger partial charge < -0.3 is 10.4 Å². The van der Waals surface area contributed by atoms with Gasteiger partial charge >= 0.3 is 12.3 Å². The molecule has 1 aromatic carbocycles. The fourth-order valence-electron chi connectivity index (χ4n) is 5.17. The van der Waals surface area contributed by atoms with E-state index in [2.05, 4.69) is 5.32 Å². The van der Waals surface area contributed by atoms with Crippen LogP contribution in [0.3, 0.4) is 0 Å². The molecule has 1 saturated heterocycles. The van der Waals surface area contributed by atoms with Crippen LogP contribution < -0.4 is 5.32 Å². The molecule has 8 nitrogen and oxygen atoms in total. The summed E-state index contributed by atoms with van der Waals surface area (Å²) in [5.41, 5.74) is -1.03. The Morgan fingerprint density at radius 3 is 2.49 bits per heavy atom. The van der Waals surface area contributed by atoms with Gasteiger partial charge in [0.05, 0.1) is 10.5 Å². The summed E-state index contributed by atoms with van der Waals surface area (Å²) < 4.78 is 66.6. The molecule has 0 radical (unpaired) electrons. The minimum atomic E-state index is -4.66. The molecule has 1 aromatic rings. The lowest BCUT2D eigenvalue weighted by molar-refractivity contribution is -0.137. The van der Waals surface area contributed by atoms with Crippen molar-refractivity contribution in [3.05, 3.63) is 29.8 Å². The summed E-state index contributed by atoms with van der Waals surface area (Å²) in [5.74, 6) is -0.562. The van der Waals surface area contributed by atoms with Crippen molar-refractivity contribution in [2.45, 2.75) is 63.2 Å². The monoisotopic (exact) mass is 519 g/mol. The van der Waals surface area contributed by atoms with Gasteiger partial charge in [0.1, 0.15) is 6.04 Å². The standard InChI is InChI=1S/C23H32F3N3O5S/c1-4-29(22(31)32)20(10-14(2)3)21(30)27-19-9-8-15-12-28(13-18(15)19)35(33,34)17-7-5-6-16(11-17)23(24,25)26/h5-7,11,14-15,18-20H,4,8-10,12-13H2,1-3H3,(H,27,30)(H,31,32)/t15-,18+,19+,20?/m1/s1. The number of sulfonamides is 1. The second kappa shape index (κ2) is 10.3. The number of hydrogen-bond acceptors (Lipinski definition) is 4. The third-order valence-electron chi connectivity index (χ3n) is 6.91. The predicted octanol–water partition coefficient (Wildman–Crippen LogP) is 3.64. The van der Waals surface area contributed by atoms with Gasteiger partial charge in [-0.05, 0) is 62.1 Å². The zero-order valence-corrected chi connectivity index (χ0v) is 20.8. The summed E-state index contributed by atoms with van der Waals surface area (Å²) in [6, 6.07) is 2.50. The fraction of sp³-hybridized carbons (Fsp3) is 0.652. The van der Waals surface area contributed by atoms with Crippen molar-refractivity contribution in [2.24, 2.45) is 17.8 Å². The van der Waals surface area contributed by atoms with Crippen LogP contribution in [0.2, 0.25) is 0 Å². The van der Waals surface area contributed by atoms with E-state index in [9.17, 15) is 36.3 Å². The molecule has 2 fully saturated rings. The molecule has 4 atom stereocenters. The van der Waals surface area contributed by atoms with Crippen molar-refractivity contribution in [2.75, 3.05) is 19.6 Å². The Morgan fingerprint density at radius 2 is 1.91 bits per heavy atom. The highest BCUT2D eigenvalue weighted by Crippen LogP contribution is 2.41. The lowest BCUT2D eigenvalue weighted by Gasteiger charge is -2.31. The van der Waals surface area contributed by atoms with Crippen molar-refractivity contribution in [1.29, 1.82) is 0 Å². The molecule has 0 spiro atoms. The molecule has 0 bridgehead atoms. The Kier molecular flexibility index (Phi) is 8.05. The Bertz CT molecular complexity index is 1050. The lowest BCUT2D eigenvalue weighted by atomic mass is 9.96. The van der Waals surface area contributed by atoms with Crippen molar-refractivity contribution in [3.63, 3.8) is 0 Å². The summed E-state index contributed by atoms with van der Waals surface area (Å²) >= 11 is 0. The quantitative estimate of drug-likeness (QED) is 0.546. The molecule has 2 N–H and O–H groups in total. The maximum absolute atomic E-state index is 13.1. The maximum Gasteiger partial charge on any atom is 0.416 e. The number of hydrogen-bond donors (Lipinski definition) is 2. The van der Waals surface area contributed by atoms with Gasteiger partial charge in [-0.1, -0.05) is 19.9 Å². The first-order valence-corrected chi connectivity index (χ1v) is 13.2. The smallest absolute Gasteiger partial charge is 0.416 e. The number of benzene rings is 1. The van der Waals surface area contributed by atoms with Gasteiger partial charge in [0.15, 0.2) is 0 Å². The van der Waals surface area contributed by atoms with Crippen molar-refractivity contribution >= 4 is 22.0 Å². The molecular formula is C23H32F3N3O5S. The van der Waals surface area contributed by atoms with E-state index in [1.54, 1.807) is 6.92 Å². The average molecular weight is 520 g/mol. The van der Waals surface area contributed by atoms with Gasteiger partial charge in [0.2, 0.25) is 15.9 Å². The maximum atomic E-state index is 13.1. The van der Waals surface area contributed by atoms with Crippen LogP contribution in [0.1, 0.15) is 45.6 Å². The lowest BCUT2D eigenvalue weighted by Crippen LogP contribution is -2.53. The third kappa shape index (κ3) is 5.91. The number of halogens is 3. The number of fused-ring (bicyclic) bond motifs is 1. The summed E-state index contributed by atoms with van der Waals surface area (Å²) in [7, 11) is -4.14. The molecule has 1 saturated carbocycles. The van der Waals surface area contributed by atoms with Gasteiger partial charge in [0, 0.05) is 25.7 Å². The van der Waals surface area contributed by atoms with Crippen LogP contribution >= 0.6 is 0 Å². The Hall–Kier alpha value is -2.34. The van der Waals surface area contributed by atoms with E-state index >= 15 is 0 Å². The van der Waals surface area contributed by atoms with Gasteiger partial charge in [-0.25, -0.2) is 13.2 Å². The molecule has 1 aliphatic carbocycles. The normalized spacial score (nSPS) is 23.8. The Balaban J connectivity index is 1.74. The van der Waals surface area contributed by atoms with Gasteiger partial charge in [-0.3, -0.25) is 9.69 Å². The topological polar surface area (TPSA) is 107 Å². The highest BCUT2D eigenvalue weighted by atomic mass is 32.2. The Labute approximate surface area is 203 Å². The van der Waals surface area contributed by atoms with Crippen molar-refractivity contribution in [1.82, 2.24) is 14.5 Å². The fourth-order valence-corrected chi connectivity index (χ4v) is 6.75. The molecule has 196 valence electrons. The molecule has 35 heavy (non-hydrogen) atoms. The number of likely N-dealkylation sites (N-methyl/N-ethyl adjacent to an activating group) is 1. The van der Waals surface area contributed by atoms with E-state index in [1.807, 2.05) is 13.8 Å². The van der Waals surface area contributed by atoms with Gasteiger partial charge in [-0.2, -0.15) is 17.5 Å². The van der Waals surface area contributed by atoms with Gasteiger partial charge in [-0.15, -0.1) is 0 Å². The minimum Gasteiger partial charge on any atom is -0.465 e. The molecule has 0 aromatic heterocycles. The second-order valence-corrected chi connectivity index (χ2v) is 11.6. The second-order valence-electron chi connectivity index (χ2n) is 9.68. The van der Waals surface area contributed by atoms with Crippen LogP contribution in [-0.2, 0) is 21.0 Å². The van der Waals surface area contributed by atoms with Crippen molar-refractivity contribution in [3.8, 4) is 0 Å². The first kappa shape index (κ1) is 27.3. The van der Waals surface area contributed by atoms with E-state index in [1.165, 1.54) is 4.31 Å². The SMILES string of the molecule is CCN(C(=O)O)C(CC(C)C)C(=O)N[C@H]1CC[C@@H]2CN(S(=O)(=O)c3cccc(C(F)(F)F)c3)C[C@@H]21. The number of alkyl halides is 3. The molecule has 1 unspecified atom stereocenters. The molecule has 2 amide bonds. The van der Waals surface area contributed by atoms with Gasteiger partial charge in [0.25, 0.3) is 0 Å². The van der Waals surface area contributed by atoms with Crippen LogP contribution in [0.4, 0.5) is 18.0 Å². The summed E-state index contributed by atoms with van der Waals surface area (Å²) in [5, 5.41) is 12.5. The molecule has 3 rings (SSSR count). The number of amides is 2. The largest absolute Gasteiger partial charge is 0.465 e. The number of nitrogens with zero attached hydrogens (tertiary/aromatic N) is 2. The van der Waals surface area contributed by atoms with Crippen LogP contribution in [0.25, 0.3) is 0 Å². The molecule has 1 aliphatic heterocycles. The summed E-state index contributed by atoms with van der Waals surface area (Å²) in [6.07, 6.45) is -4.20. The summed E-state index contributed by atoms with van der Waals surface area (Å²) in [6.45, 7) is 5.86. The van der Waals surface area contributed by atoms with E-state index in [-0.39, 0.29) is 43.4 Å². The predicted molar refractivity (Wildman–Crippen MR) is 122 cm³/mol. The zero-order valence-electron chi connectivity index (χ0n) is 20.0. The molecular weight excluding hydrogens is 487 g/mol. The molecule has 2 aliphatic rings.